The minimum absolute atomic E-state index is 0.0161. The minimum Gasteiger partial charge on any atom is -0.447 e. The van der Waals surface area contributed by atoms with Gasteiger partial charge in [-0.2, -0.15) is 10.4 Å². The molecule has 8 nitrogen and oxygen atoms in total. The van der Waals surface area contributed by atoms with E-state index in [-0.39, 0.29) is 41.7 Å². The Morgan fingerprint density at radius 1 is 1.11 bits per heavy atom. The normalized spacial score (nSPS) is 18.7. The summed E-state index contributed by atoms with van der Waals surface area (Å²) in [6.45, 7) is 2.21. The van der Waals surface area contributed by atoms with E-state index in [2.05, 4.69) is 10.1 Å². The van der Waals surface area contributed by atoms with E-state index in [0.717, 1.165) is 12.1 Å². The van der Waals surface area contributed by atoms with Crippen LogP contribution in [0.4, 0.5) is 13.2 Å². The molecule has 2 atom stereocenters. The standard InChI is InChI=1S/C34H29F3N4O4S/c1-23(46-28-18-43-32(44-19-28)10-6-5-7-25-12-11-24(17-38)15-30(25)36)34(20-41-22-39-21-40-41,29-14-13-27(35)16-31(29)37)45-33(42)26-8-3-2-4-9-26/h2-16,21-23,28,32H,18-20H2,1H3/b7-5+,10-6+/t23-,28?,32?,34-/m1/s1. The van der Waals surface area contributed by atoms with Crippen molar-refractivity contribution in [3.05, 3.63) is 137 Å². The van der Waals surface area contributed by atoms with Crippen molar-refractivity contribution in [1.29, 1.82) is 5.26 Å². The van der Waals surface area contributed by atoms with Crippen molar-refractivity contribution in [2.75, 3.05) is 13.2 Å². The molecule has 0 aliphatic carbocycles. The Balaban J connectivity index is 1.32. The van der Waals surface area contributed by atoms with Crippen molar-refractivity contribution in [3.63, 3.8) is 0 Å². The number of benzene rings is 3. The molecule has 0 saturated carbocycles. The molecule has 0 amide bonds. The van der Waals surface area contributed by atoms with Crippen LogP contribution in [0.3, 0.4) is 0 Å². The van der Waals surface area contributed by atoms with Gasteiger partial charge in [-0.05, 0) is 49.4 Å². The minimum atomic E-state index is -1.65. The van der Waals surface area contributed by atoms with E-state index in [9.17, 15) is 13.6 Å². The molecular weight excluding hydrogens is 617 g/mol. The maximum atomic E-state index is 15.5. The molecule has 0 spiro atoms. The van der Waals surface area contributed by atoms with E-state index in [4.69, 9.17) is 19.5 Å². The van der Waals surface area contributed by atoms with E-state index in [0.29, 0.717) is 5.56 Å². The molecule has 0 radical (unpaired) electrons. The van der Waals surface area contributed by atoms with Crippen LogP contribution >= 0.6 is 11.8 Å². The third-order valence-electron chi connectivity index (χ3n) is 7.27. The molecule has 2 heterocycles. The summed E-state index contributed by atoms with van der Waals surface area (Å²) in [5, 5.41) is 12.2. The van der Waals surface area contributed by atoms with Gasteiger partial charge in [0, 0.05) is 22.4 Å². The smallest absolute Gasteiger partial charge is 0.339 e. The quantitative estimate of drug-likeness (QED) is 0.135. The van der Waals surface area contributed by atoms with Crippen molar-refractivity contribution >= 4 is 23.8 Å². The van der Waals surface area contributed by atoms with Gasteiger partial charge in [0.15, 0.2) is 11.9 Å². The monoisotopic (exact) mass is 646 g/mol. The lowest BCUT2D eigenvalue weighted by atomic mass is 9.89. The number of aromatic nitrogens is 3. The van der Waals surface area contributed by atoms with Gasteiger partial charge in [-0.15, -0.1) is 11.8 Å². The molecule has 1 aromatic heterocycles. The summed E-state index contributed by atoms with van der Waals surface area (Å²) >= 11 is 1.37. The summed E-state index contributed by atoms with van der Waals surface area (Å²) in [5.41, 5.74) is -0.827. The fourth-order valence-corrected chi connectivity index (χ4v) is 6.29. The summed E-state index contributed by atoms with van der Waals surface area (Å²) in [6, 6.07) is 17.6. The van der Waals surface area contributed by atoms with Crippen LogP contribution in [0.1, 0.15) is 34.0 Å². The maximum Gasteiger partial charge on any atom is 0.339 e. The van der Waals surface area contributed by atoms with Gasteiger partial charge in [-0.25, -0.2) is 27.6 Å². The van der Waals surface area contributed by atoms with Crippen LogP contribution in [0.25, 0.3) is 6.08 Å². The third-order valence-corrected chi connectivity index (χ3v) is 8.71. The number of hydrogen-bond donors (Lipinski definition) is 0. The van der Waals surface area contributed by atoms with E-state index in [1.54, 1.807) is 61.6 Å². The number of allylic oxidation sites excluding steroid dienone is 2. The second kappa shape index (κ2) is 15.1. The zero-order valence-electron chi connectivity index (χ0n) is 24.6. The van der Waals surface area contributed by atoms with Gasteiger partial charge in [-0.3, -0.25) is 0 Å². The van der Waals surface area contributed by atoms with E-state index in [1.807, 2.05) is 6.07 Å². The lowest BCUT2D eigenvalue weighted by molar-refractivity contribution is -0.146. The molecule has 0 unspecified atom stereocenters. The topological polar surface area (TPSA) is 99.3 Å². The largest absolute Gasteiger partial charge is 0.447 e. The van der Waals surface area contributed by atoms with Crippen LogP contribution in [0.5, 0.6) is 0 Å². The summed E-state index contributed by atoms with van der Waals surface area (Å²) in [5.74, 6) is -2.83. The first-order valence-electron chi connectivity index (χ1n) is 14.3. The number of halogens is 3. The number of nitriles is 1. The van der Waals surface area contributed by atoms with Gasteiger partial charge in [0.05, 0.1) is 42.2 Å². The predicted octanol–water partition coefficient (Wildman–Crippen LogP) is 6.45. The number of ether oxygens (including phenoxy) is 3. The predicted molar refractivity (Wildman–Crippen MR) is 166 cm³/mol. The van der Waals surface area contributed by atoms with E-state index < -0.39 is 40.6 Å². The Labute approximate surface area is 268 Å². The average molecular weight is 647 g/mol. The summed E-state index contributed by atoms with van der Waals surface area (Å²) < 4.78 is 63.1. The Morgan fingerprint density at radius 3 is 2.57 bits per heavy atom. The van der Waals surface area contributed by atoms with Crippen LogP contribution in [0.2, 0.25) is 0 Å². The lowest BCUT2D eigenvalue weighted by Gasteiger charge is -2.40. The number of carbonyl (C=O) groups is 1. The summed E-state index contributed by atoms with van der Waals surface area (Å²) in [7, 11) is 0. The van der Waals surface area contributed by atoms with Crippen molar-refractivity contribution in [1.82, 2.24) is 14.8 Å². The maximum absolute atomic E-state index is 15.5. The average Bonchev–Trinajstić information content (AvgIpc) is 3.57. The van der Waals surface area contributed by atoms with E-state index in [1.165, 1.54) is 53.4 Å². The van der Waals surface area contributed by atoms with Gasteiger partial charge in [-0.1, -0.05) is 42.5 Å². The number of hydrogen-bond acceptors (Lipinski definition) is 8. The molecule has 4 aromatic rings. The second-order valence-corrected chi connectivity index (χ2v) is 12.0. The second-order valence-electron chi connectivity index (χ2n) is 10.4. The number of rotatable bonds is 11. The van der Waals surface area contributed by atoms with Gasteiger partial charge < -0.3 is 14.2 Å². The molecular formula is C34H29F3N4O4S. The molecule has 1 fully saturated rings. The molecule has 1 aliphatic rings. The molecule has 5 rings (SSSR count). The zero-order chi connectivity index (χ0) is 32.5. The number of carbonyl (C=O) groups excluding carboxylic acids is 1. The molecule has 3 aromatic carbocycles. The van der Waals surface area contributed by atoms with Crippen molar-refractivity contribution in [3.8, 4) is 6.07 Å². The SMILES string of the molecule is C[C@@H](SC1COC(/C=C/C=C/c2ccc(C#N)cc2F)OC1)[C@@](Cn1cncn1)(OC(=O)c1ccccc1)c1ccc(F)cc1F. The Hall–Kier alpha value is -4.70. The highest BCUT2D eigenvalue weighted by Crippen LogP contribution is 2.42. The molecule has 1 aliphatic heterocycles. The molecule has 0 bridgehead atoms. The Kier molecular flexibility index (Phi) is 10.7. The fraction of sp³-hybridized carbons (Fsp3) is 0.235. The first-order chi connectivity index (χ1) is 22.3. The Bertz CT molecular complexity index is 1740. The van der Waals surface area contributed by atoms with Gasteiger partial charge in [0.25, 0.3) is 0 Å². The van der Waals surface area contributed by atoms with Crippen LogP contribution in [0.15, 0.2) is 97.6 Å². The van der Waals surface area contributed by atoms with Crippen molar-refractivity contribution in [2.45, 2.75) is 35.9 Å². The summed E-state index contributed by atoms with van der Waals surface area (Å²) in [4.78, 5) is 17.5. The first-order valence-corrected chi connectivity index (χ1v) is 15.2. The highest BCUT2D eigenvalue weighted by atomic mass is 32.2. The Morgan fingerprint density at radius 2 is 1.89 bits per heavy atom. The van der Waals surface area contributed by atoms with Crippen LogP contribution < -0.4 is 0 Å². The lowest BCUT2D eigenvalue weighted by Crippen LogP contribution is -2.47. The number of thioether (sulfide) groups is 1. The molecule has 1 saturated heterocycles. The molecule has 0 N–H and O–H groups in total. The van der Waals surface area contributed by atoms with Crippen LogP contribution in [-0.2, 0) is 26.4 Å². The highest BCUT2D eigenvalue weighted by Gasteiger charge is 2.47. The van der Waals surface area contributed by atoms with Gasteiger partial charge in [0.1, 0.15) is 30.1 Å². The van der Waals surface area contributed by atoms with Gasteiger partial charge >= 0.3 is 5.97 Å². The van der Waals surface area contributed by atoms with Crippen LogP contribution in [-0.4, -0.2) is 50.7 Å². The fourth-order valence-electron chi connectivity index (χ4n) is 4.92. The molecule has 236 valence electrons. The first kappa shape index (κ1) is 32.7. The molecule has 12 heteroatoms. The van der Waals surface area contributed by atoms with Crippen molar-refractivity contribution < 1.29 is 32.2 Å². The van der Waals surface area contributed by atoms with Gasteiger partial charge in [0.2, 0.25) is 0 Å². The van der Waals surface area contributed by atoms with E-state index >= 15 is 4.39 Å². The number of esters is 1. The third kappa shape index (κ3) is 7.92. The summed E-state index contributed by atoms with van der Waals surface area (Å²) in [6.07, 6.45) is 8.63. The number of nitrogens with zero attached hydrogens (tertiary/aromatic N) is 4. The van der Waals surface area contributed by atoms with Crippen LogP contribution in [0, 0.1) is 28.8 Å². The highest BCUT2D eigenvalue weighted by molar-refractivity contribution is 8.00. The van der Waals surface area contributed by atoms with Crippen molar-refractivity contribution in [2.24, 2.45) is 0 Å². The zero-order valence-corrected chi connectivity index (χ0v) is 25.4. The molecule has 46 heavy (non-hydrogen) atoms.